The summed E-state index contributed by atoms with van der Waals surface area (Å²) in [6.45, 7) is -0.857. The number of hydrogen-bond acceptors (Lipinski definition) is 6. The number of carboxylic acids is 1. The molecule has 0 aromatic rings. The van der Waals surface area contributed by atoms with Gasteiger partial charge in [-0.2, -0.15) is 0 Å². The van der Waals surface area contributed by atoms with E-state index in [2.05, 4.69) is 4.52 Å². The Morgan fingerprint density at radius 2 is 1.73 bits per heavy atom. The molecular formula is C5H7Na2O7P. The number of aliphatic carboxylic acids is 1. The molecule has 0 saturated carbocycles. The first kappa shape index (κ1) is 21.5. The van der Waals surface area contributed by atoms with E-state index in [1.54, 1.807) is 0 Å². The average molecular weight is 256 g/mol. The molecule has 10 heteroatoms. The predicted molar refractivity (Wildman–Crippen MR) is 35.0 cm³/mol. The van der Waals surface area contributed by atoms with Crippen molar-refractivity contribution in [2.24, 2.45) is 0 Å². The number of carboxylic acid groups (broad SMARTS) is 1. The Kier molecular flexibility index (Phi) is 14.9. The molecule has 7 nitrogen and oxygen atoms in total. The molecule has 1 N–H and O–H groups in total. The van der Waals surface area contributed by atoms with Crippen LogP contribution in [0.15, 0.2) is 0 Å². The summed E-state index contributed by atoms with van der Waals surface area (Å²) in [7, 11) is -4.90. The smallest absolute Gasteiger partial charge is 0.756 e. The summed E-state index contributed by atoms with van der Waals surface area (Å²) in [6.07, 6.45) is -0.890. The second-order valence-electron chi connectivity index (χ2n) is 2.15. The monoisotopic (exact) mass is 256 g/mol. The maximum Gasteiger partial charge on any atom is 1.00 e. The number of ketones is 1. The van der Waals surface area contributed by atoms with Crippen LogP contribution in [0.2, 0.25) is 0 Å². The Labute approximate surface area is 130 Å². The summed E-state index contributed by atoms with van der Waals surface area (Å²) in [5, 5.41) is 9.83. The maximum atomic E-state index is 10.6. The van der Waals surface area contributed by atoms with E-state index in [1.165, 1.54) is 0 Å². The van der Waals surface area contributed by atoms with Crippen LogP contribution in [0.3, 0.4) is 0 Å². The minimum Gasteiger partial charge on any atom is -0.756 e. The molecule has 0 amide bonds. The normalized spacial score (nSPS) is 12.9. The Balaban J connectivity index is -0.000000720. The summed E-state index contributed by atoms with van der Waals surface area (Å²) in [5.41, 5.74) is 0. The summed E-state index contributed by atoms with van der Waals surface area (Å²) < 4.78 is 13.7. The Hall–Kier alpha value is 1.25. The van der Waals surface area contributed by atoms with E-state index >= 15 is 0 Å². The van der Waals surface area contributed by atoms with Gasteiger partial charge in [0.1, 0.15) is 6.61 Å². The summed E-state index contributed by atoms with van der Waals surface area (Å²) in [6, 6.07) is 0. The van der Waals surface area contributed by atoms with Gasteiger partial charge in [-0.1, -0.05) is 0 Å². The zero-order chi connectivity index (χ0) is 10.5. The quantitative estimate of drug-likeness (QED) is 0.369. The van der Waals surface area contributed by atoms with Gasteiger partial charge in [0.05, 0.1) is 0 Å². The summed E-state index contributed by atoms with van der Waals surface area (Å²) in [5.74, 6) is -2.16. The molecule has 0 aliphatic heterocycles. The van der Waals surface area contributed by atoms with Crippen LogP contribution in [0.5, 0.6) is 0 Å². The average Bonchev–Trinajstić information content (AvgIpc) is 1.95. The fourth-order valence-electron chi connectivity index (χ4n) is 0.467. The van der Waals surface area contributed by atoms with Crippen molar-refractivity contribution in [3.8, 4) is 0 Å². The van der Waals surface area contributed by atoms with Crippen molar-refractivity contribution in [3.05, 3.63) is 0 Å². The standard InChI is InChI=1S/C5H9O7P.2Na/c6-4(1-2-5(7)8)3-12-13(9,10)11;;/h1-3H2,(H,7,8)(H2,9,10,11);;/q;2*+1/p-2. The van der Waals surface area contributed by atoms with Crippen LogP contribution in [0.25, 0.3) is 0 Å². The van der Waals surface area contributed by atoms with E-state index in [4.69, 9.17) is 4.89 Å². The van der Waals surface area contributed by atoms with Gasteiger partial charge >= 0.3 is 59.1 Å². The van der Waals surface area contributed by atoms with Gasteiger partial charge in [0.2, 0.25) is 0 Å². The molecule has 0 heterocycles. The number of hydrogen-bond donors (Lipinski definition) is 1. The van der Waals surface area contributed by atoms with Gasteiger partial charge in [0.25, 0.3) is 7.82 Å². The first-order valence-corrected chi connectivity index (χ1v) is 4.70. The molecule has 0 spiro atoms. The van der Waals surface area contributed by atoms with Crippen molar-refractivity contribution < 1.29 is 92.7 Å². The van der Waals surface area contributed by atoms with E-state index in [1.807, 2.05) is 0 Å². The van der Waals surface area contributed by atoms with Gasteiger partial charge in [-0.3, -0.25) is 9.36 Å². The van der Waals surface area contributed by atoms with Crippen LogP contribution in [-0.4, -0.2) is 23.3 Å². The molecule has 0 radical (unpaired) electrons. The minimum atomic E-state index is -4.90. The molecule has 0 rings (SSSR count). The molecular weight excluding hydrogens is 249 g/mol. The third kappa shape index (κ3) is 17.8. The van der Waals surface area contributed by atoms with Crippen LogP contribution in [0.4, 0.5) is 0 Å². The van der Waals surface area contributed by atoms with Crippen LogP contribution in [0, 0.1) is 0 Å². The third-order valence-corrected chi connectivity index (χ3v) is 1.45. The molecule has 0 aromatic heterocycles. The predicted octanol–water partition coefficient (Wildman–Crippen LogP) is -8.43. The molecule has 0 aliphatic rings. The third-order valence-electron chi connectivity index (χ3n) is 0.997. The van der Waals surface area contributed by atoms with Crippen LogP contribution in [0.1, 0.15) is 12.8 Å². The fourth-order valence-corrected chi connectivity index (χ4v) is 0.774. The van der Waals surface area contributed by atoms with Crippen molar-refractivity contribution in [2.75, 3.05) is 6.61 Å². The first-order valence-electron chi connectivity index (χ1n) is 3.21. The zero-order valence-electron chi connectivity index (χ0n) is 8.47. The number of Topliss-reactive ketones (excluding diaryl/α,β-unsaturated/α-hetero) is 1. The van der Waals surface area contributed by atoms with E-state index in [0.717, 1.165) is 0 Å². The molecule has 0 saturated heterocycles. The van der Waals surface area contributed by atoms with Gasteiger partial charge in [0.15, 0.2) is 5.78 Å². The van der Waals surface area contributed by atoms with Crippen molar-refractivity contribution in [1.29, 1.82) is 0 Å². The summed E-state index contributed by atoms with van der Waals surface area (Å²) in [4.78, 5) is 38.4. The van der Waals surface area contributed by atoms with E-state index in [-0.39, 0.29) is 65.5 Å². The Morgan fingerprint density at radius 1 is 1.27 bits per heavy atom. The Bertz CT molecular complexity index is 250. The van der Waals surface area contributed by atoms with Crippen LogP contribution in [-0.2, 0) is 18.7 Å². The summed E-state index contributed by atoms with van der Waals surface area (Å²) >= 11 is 0. The zero-order valence-corrected chi connectivity index (χ0v) is 13.4. The van der Waals surface area contributed by atoms with Gasteiger partial charge in [-0.15, -0.1) is 0 Å². The van der Waals surface area contributed by atoms with Gasteiger partial charge in [-0.25, -0.2) is 0 Å². The number of carbonyl (C=O) groups is 2. The molecule has 1 atom stereocenters. The number of carbonyl (C=O) groups excluding carboxylic acids is 2. The van der Waals surface area contributed by atoms with E-state index in [9.17, 15) is 24.2 Å². The van der Waals surface area contributed by atoms with E-state index in [0.29, 0.717) is 0 Å². The Morgan fingerprint density at radius 3 is 2.07 bits per heavy atom. The SMILES string of the molecule is O=C([O-])CCC(=O)COP(=O)([O-])O.[Na+].[Na+]. The fraction of sp³-hybridized carbons (Fsp3) is 0.600. The molecule has 0 aromatic carbocycles. The number of rotatable bonds is 6. The molecule has 1 unspecified atom stereocenters. The molecule has 0 bridgehead atoms. The molecule has 76 valence electrons. The number of phosphoric acid groups is 1. The maximum absolute atomic E-state index is 10.6. The van der Waals surface area contributed by atoms with E-state index < -0.39 is 32.6 Å². The first-order chi connectivity index (χ1) is 5.81. The van der Waals surface area contributed by atoms with Crippen molar-refractivity contribution in [1.82, 2.24) is 0 Å². The van der Waals surface area contributed by atoms with Gasteiger partial charge in [-0.05, 0) is 6.42 Å². The molecule has 0 fully saturated rings. The topological polar surface area (TPSA) is 127 Å². The van der Waals surface area contributed by atoms with Gasteiger partial charge in [0, 0.05) is 12.4 Å². The van der Waals surface area contributed by atoms with Crippen molar-refractivity contribution >= 4 is 19.6 Å². The second-order valence-corrected chi connectivity index (χ2v) is 3.35. The minimum absolute atomic E-state index is 0. The van der Waals surface area contributed by atoms with Crippen LogP contribution < -0.4 is 69.1 Å². The van der Waals surface area contributed by atoms with Crippen molar-refractivity contribution in [3.63, 3.8) is 0 Å². The second kappa shape index (κ2) is 10.4. The molecule has 15 heavy (non-hydrogen) atoms. The number of phosphoric ester groups is 1. The van der Waals surface area contributed by atoms with Gasteiger partial charge < -0.3 is 24.2 Å². The van der Waals surface area contributed by atoms with Crippen molar-refractivity contribution in [2.45, 2.75) is 12.8 Å². The largest absolute Gasteiger partial charge is 1.00 e. The molecule has 0 aliphatic carbocycles. The van der Waals surface area contributed by atoms with Crippen LogP contribution >= 0.6 is 7.82 Å².